The molecule has 1 atom stereocenters. The van der Waals surface area contributed by atoms with Crippen LogP contribution >= 0.6 is 0 Å². The molecule has 0 spiro atoms. The Kier molecular flexibility index (Phi) is 12.1. The number of carboxylic acids is 1. The number of nitrogens with zero attached hydrogens (tertiary/aromatic N) is 3. The highest BCUT2D eigenvalue weighted by molar-refractivity contribution is 5.81. The minimum atomic E-state index is -0.894. The van der Waals surface area contributed by atoms with Crippen LogP contribution in [0.15, 0.2) is 0 Å². The highest BCUT2D eigenvalue weighted by Gasteiger charge is 2.28. The Morgan fingerprint density at radius 1 is 0.818 bits per heavy atom. The minimum absolute atomic E-state index is 0.0113. The molecule has 2 aliphatic rings. The van der Waals surface area contributed by atoms with Crippen molar-refractivity contribution in [1.82, 2.24) is 30.7 Å². The third-order valence-corrected chi connectivity index (χ3v) is 6.15. The van der Waals surface area contributed by atoms with Crippen molar-refractivity contribution < 1.29 is 24.3 Å². The van der Waals surface area contributed by atoms with Gasteiger partial charge in [0.2, 0.25) is 17.7 Å². The minimum Gasteiger partial charge on any atom is -0.481 e. The van der Waals surface area contributed by atoms with Gasteiger partial charge in [-0.15, -0.1) is 0 Å². The van der Waals surface area contributed by atoms with Crippen molar-refractivity contribution in [1.29, 1.82) is 0 Å². The molecule has 2 fully saturated rings. The maximum Gasteiger partial charge on any atom is 0.303 e. The molecule has 0 aromatic rings. The van der Waals surface area contributed by atoms with E-state index in [9.17, 15) is 19.2 Å². The van der Waals surface area contributed by atoms with Crippen LogP contribution in [0.25, 0.3) is 0 Å². The quantitative estimate of drug-likeness (QED) is 0.136. The number of carboxylic acid groups (broad SMARTS) is 1. The Bertz CT molecular complexity index is 653. The average Bonchev–Trinajstić information content (AvgIpc) is 3.19. The molecule has 2 heterocycles. The second-order valence-corrected chi connectivity index (χ2v) is 8.92. The first-order chi connectivity index (χ1) is 15.8. The predicted octanol–water partition coefficient (Wildman–Crippen LogP) is -1.31. The molecule has 0 saturated carbocycles. The zero-order valence-electron chi connectivity index (χ0n) is 19.8. The largest absolute Gasteiger partial charge is 0.481 e. The van der Waals surface area contributed by atoms with Crippen LogP contribution in [0.3, 0.4) is 0 Å². The number of likely N-dealkylation sites (tertiary alicyclic amines) is 1. The van der Waals surface area contributed by atoms with E-state index >= 15 is 0 Å². The van der Waals surface area contributed by atoms with Crippen molar-refractivity contribution in [3.8, 4) is 0 Å². The van der Waals surface area contributed by atoms with Gasteiger partial charge in [0.15, 0.2) is 0 Å². The fraction of sp³-hybridized carbons (Fsp3) is 0.818. The summed E-state index contributed by atoms with van der Waals surface area (Å²) in [5.41, 5.74) is 0. The molecule has 188 valence electrons. The third kappa shape index (κ3) is 11.4. The highest BCUT2D eigenvalue weighted by Crippen LogP contribution is 2.18. The number of carbonyl (C=O) groups excluding carboxylic acids is 3. The average molecular weight is 483 g/mol. The predicted molar refractivity (Wildman–Crippen MR) is 124 cm³/mol. The summed E-state index contributed by atoms with van der Waals surface area (Å²) in [6, 6.07) is 0.415. The van der Waals surface area contributed by atoms with Gasteiger partial charge in [-0.05, 0) is 32.9 Å². The lowest BCUT2D eigenvalue weighted by molar-refractivity contribution is -0.137. The number of aliphatic carboxylic acids is 1. The smallest absolute Gasteiger partial charge is 0.303 e. The molecular weight excluding hydrogens is 443 g/mol. The Balaban J connectivity index is 1.52. The van der Waals surface area contributed by atoms with Crippen molar-refractivity contribution in [2.75, 3.05) is 72.5 Å². The van der Waals surface area contributed by atoms with Gasteiger partial charge in [-0.1, -0.05) is 0 Å². The van der Waals surface area contributed by atoms with Crippen LogP contribution in [0.2, 0.25) is 0 Å². The van der Waals surface area contributed by atoms with Crippen molar-refractivity contribution >= 4 is 23.7 Å². The summed E-state index contributed by atoms with van der Waals surface area (Å²) in [7, 11) is 2.15. The second kappa shape index (κ2) is 14.8. The van der Waals surface area contributed by atoms with Crippen molar-refractivity contribution in [2.45, 2.75) is 44.6 Å². The molecule has 0 aromatic heterocycles. The lowest BCUT2D eigenvalue weighted by Crippen LogP contribution is -2.50. The number of carbonyl (C=O) groups is 4. The van der Waals surface area contributed by atoms with Crippen LogP contribution < -0.4 is 16.0 Å². The molecular formula is C22H40N6O5. The van der Waals surface area contributed by atoms with Crippen LogP contribution in [0.5, 0.6) is 0 Å². The van der Waals surface area contributed by atoms with E-state index in [1.807, 2.05) is 0 Å². The number of amides is 3. The number of hydrogen-bond acceptors (Lipinski definition) is 7. The van der Waals surface area contributed by atoms with Gasteiger partial charge in [-0.2, -0.15) is 0 Å². The van der Waals surface area contributed by atoms with Gasteiger partial charge in [0.05, 0.1) is 6.54 Å². The summed E-state index contributed by atoms with van der Waals surface area (Å²) in [5, 5.41) is 16.6. The van der Waals surface area contributed by atoms with Gasteiger partial charge in [0, 0.05) is 77.7 Å². The van der Waals surface area contributed by atoms with E-state index in [0.717, 1.165) is 52.1 Å². The van der Waals surface area contributed by atoms with E-state index in [-0.39, 0.29) is 50.1 Å². The van der Waals surface area contributed by atoms with Crippen LogP contribution in [0.1, 0.15) is 38.5 Å². The van der Waals surface area contributed by atoms with Crippen molar-refractivity contribution in [3.05, 3.63) is 0 Å². The molecule has 0 aliphatic carbocycles. The van der Waals surface area contributed by atoms with Crippen LogP contribution in [0.4, 0.5) is 0 Å². The number of rotatable bonds is 14. The van der Waals surface area contributed by atoms with Gasteiger partial charge in [-0.3, -0.25) is 29.0 Å². The summed E-state index contributed by atoms with van der Waals surface area (Å²) >= 11 is 0. The molecule has 0 aromatic carbocycles. The van der Waals surface area contributed by atoms with Gasteiger partial charge >= 0.3 is 5.97 Å². The summed E-state index contributed by atoms with van der Waals surface area (Å²) in [5.74, 6) is -1.41. The SMILES string of the molecule is CN1CCN([13CH2][13CH]2[13CH2][13CH2][13CH2][15N]2CC(=O)[15NH][13CH2][13CH2][13C](=O)[15NH]CC[13C](=O)[15NH]CCCC(=O)O)[13CH2][13CH2]1. The first kappa shape index (κ1) is 27.0. The molecule has 11 heteroatoms. The number of hydrogen-bond donors (Lipinski definition) is 4. The fourth-order valence-corrected chi connectivity index (χ4v) is 4.15. The van der Waals surface area contributed by atoms with Crippen LogP contribution in [-0.2, 0) is 19.2 Å². The molecule has 2 aliphatic heterocycles. The maximum absolute atomic E-state index is 12.3. The van der Waals surface area contributed by atoms with Gasteiger partial charge in [0.1, 0.15) is 0 Å². The van der Waals surface area contributed by atoms with Crippen LogP contribution in [-0.4, -0.2) is 122 Å². The molecule has 1 unspecified atom stereocenters. The number of piperazine rings is 1. The molecule has 33 heavy (non-hydrogen) atoms. The highest BCUT2D eigenvalue weighted by atomic mass is 16.4. The molecule has 2 rings (SSSR count). The fourth-order valence-electron chi connectivity index (χ4n) is 4.15. The summed E-state index contributed by atoms with van der Waals surface area (Å²) in [6.07, 6.45) is 2.92. The van der Waals surface area contributed by atoms with E-state index in [1.54, 1.807) is 0 Å². The monoisotopic (exact) mass is 483 g/mol. The second-order valence-electron chi connectivity index (χ2n) is 8.92. The molecule has 0 radical (unpaired) electrons. The lowest BCUT2D eigenvalue weighted by atomic mass is 10.3. The molecule has 2 saturated heterocycles. The lowest BCUT2D eigenvalue weighted by Gasteiger charge is -2.36. The topological polar surface area (TPSA) is 134 Å². The number of likely N-dealkylation sites (N-methyl/N-ethyl adjacent to an activating group) is 1. The Morgan fingerprint density at radius 3 is 2.06 bits per heavy atom. The molecule has 11 nitrogen and oxygen atoms in total. The zero-order chi connectivity index (χ0) is 24.1. The summed E-state index contributed by atoms with van der Waals surface area (Å²) in [4.78, 5) is 53.4. The first-order valence-corrected chi connectivity index (χ1v) is 12.0. The van der Waals surface area contributed by atoms with E-state index in [0.29, 0.717) is 25.6 Å². The van der Waals surface area contributed by atoms with E-state index in [1.165, 1.54) is 0 Å². The van der Waals surface area contributed by atoms with E-state index in [4.69, 9.17) is 5.11 Å². The summed E-state index contributed by atoms with van der Waals surface area (Å²) in [6.45, 7) is 7.42. The molecule has 3 amide bonds. The Morgan fingerprint density at radius 2 is 1.42 bits per heavy atom. The molecule has 0 bridgehead atoms. The van der Waals surface area contributed by atoms with Gasteiger partial charge in [-0.25, -0.2) is 0 Å². The van der Waals surface area contributed by atoms with Crippen LogP contribution in [0, 0.1) is 0 Å². The number of nitrogens with one attached hydrogen (secondary N) is 3. The maximum atomic E-state index is 12.3. The molecule has 4 N–H and O–H groups in total. The zero-order valence-corrected chi connectivity index (χ0v) is 19.8. The van der Waals surface area contributed by atoms with E-state index in [2.05, 4.69) is 37.7 Å². The van der Waals surface area contributed by atoms with Gasteiger partial charge < -0.3 is 26.0 Å². The van der Waals surface area contributed by atoms with Crippen molar-refractivity contribution in [3.63, 3.8) is 0 Å². The summed E-state index contributed by atoms with van der Waals surface area (Å²) < 4.78 is 0. The van der Waals surface area contributed by atoms with Gasteiger partial charge in [0.25, 0.3) is 0 Å². The van der Waals surface area contributed by atoms with E-state index < -0.39 is 5.97 Å². The normalized spacial score (nSPS) is 19.8. The Labute approximate surface area is 196 Å². The first-order valence-electron chi connectivity index (χ1n) is 12.0. The third-order valence-electron chi connectivity index (χ3n) is 6.15. The van der Waals surface area contributed by atoms with Crippen molar-refractivity contribution in [2.24, 2.45) is 0 Å². The standard InChI is InChI=1S/C22H40N6O5/c1-26-12-14-27(15-13-26)16-18-4-3-11-28(18)17-21(31)25-10-7-20(30)24-9-6-19(29)23-8-2-5-22(32)33/h18H,2-17H2,1H3,(H,23,29)(H,24,30)(H,25,31)(H,32,33)/i3+1,4+1,7+1,10+1,11+1,12+1,14+1,16+1,18+1,19+1,20+1,23+1,24+1,25+1,28+1. The Hall–Kier alpha value is -2.24.